The lowest BCUT2D eigenvalue weighted by Gasteiger charge is -2.10. The van der Waals surface area contributed by atoms with Gasteiger partial charge >= 0.3 is 5.97 Å². The summed E-state index contributed by atoms with van der Waals surface area (Å²) in [6.07, 6.45) is 9.73. The number of phenolic OH excluding ortho intramolecular Hbond substituents is 2. The van der Waals surface area contributed by atoms with Gasteiger partial charge in [-0.3, -0.25) is 0 Å². The highest BCUT2D eigenvalue weighted by Gasteiger charge is 2.16. The monoisotopic (exact) mass is 294 g/mol. The molecule has 1 rings (SSSR count). The molecule has 21 heavy (non-hydrogen) atoms. The molecule has 0 atom stereocenters. The van der Waals surface area contributed by atoms with Gasteiger partial charge in [0.2, 0.25) is 0 Å². The van der Waals surface area contributed by atoms with E-state index in [9.17, 15) is 15.0 Å². The van der Waals surface area contributed by atoms with Crippen molar-refractivity contribution < 1.29 is 20.1 Å². The Balaban J connectivity index is 2.41. The summed E-state index contributed by atoms with van der Waals surface area (Å²) < 4.78 is 0. The molecule has 0 heterocycles. The normalized spacial score (nSPS) is 10.7. The van der Waals surface area contributed by atoms with Crippen LogP contribution in [0, 0.1) is 0 Å². The molecule has 3 N–H and O–H groups in total. The first kappa shape index (κ1) is 17.3. The Morgan fingerprint density at radius 3 is 2.10 bits per heavy atom. The second-order valence-electron chi connectivity index (χ2n) is 5.49. The van der Waals surface area contributed by atoms with Crippen LogP contribution >= 0.6 is 0 Å². The summed E-state index contributed by atoms with van der Waals surface area (Å²) in [6.45, 7) is 2.20. The molecular formula is C17H26O4. The summed E-state index contributed by atoms with van der Waals surface area (Å²) in [5.41, 5.74) is 0.418. The number of aromatic hydroxyl groups is 2. The minimum atomic E-state index is -1.07. The summed E-state index contributed by atoms with van der Waals surface area (Å²) in [5, 5.41) is 28.4. The fourth-order valence-corrected chi connectivity index (χ4v) is 2.51. The van der Waals surface area contributed by atoms with E-state index in [0.29, 0.717) is 12.0 Å². The van der Waals surface area contributed by atoms with E-state index >= 15 is 0 Å². The molecule has 1 aromatic carbocycles. The van der Waals surface area contributed by atoms with Crippen LogP contribution in [0.25, 0.3) is 0 Å². The minimum absolute atomic E-state index is 0.0771. The van der Waals surface area contributed by atoms with E-state index in [-0.39, 0.29) is 17.1 Å². The molecule has 0 aromatic heterocycles. The summed E-state index contributed by atoms with van der Waals surface area (Å²) >= 11 is 0. The van der Waals surface area contributed by atoms with E-state index < -0.39 is 5.97 Å². The Morgan fingerprint density at radius 1 is 0.952 bits per heavy atom. The van der Waals surface area contributed by atoms with Crippen molar-refractivity contribution in [2.45, 2.75) is 64.7 Å². The number of carboxylic acid groups (broad SMARTS) is 1. The van der Waals surface area contributed by atoms with Crippen LogP contribution in [0.1, 0.15) is 74.2 Å². The molecule has 0 radical (unpaired) electrons. The maximum absolute atomic E-state index is 11.1. The van der Waals surface area contributed by atoms with Crippen molar-refractivity contribution in [3.63, 3.8) is 0 Å². The van der Waals surface area contributed by atoms with Gasteiger partial charge in [-0.15, -0.1) is 0 Å². The number of carbonyl (C=O) groups is 1. The van der Waals surface area contributed by atoms with Gasteiger partial charge in [0.1, 0.15) is 0 Å². The lowest BCUT2D eigenvalue weighted by atomic mass is 9.98. The number of hydrogen-bond acceptors (Lipinski definition) is 3. The van der Waals surface area contributed by atoms with Gasteiger partial charge in [-0.05, 0) is 25.0 Å². The smallest absolute Gasteiger partial charge is 0.336 e. The van der Waals surface area contributed by atoms with Gasteiger partial charge in [-0.2, -0.15) is 0 Å². The van der Waals surface area contributed by atoms with E-state index in [0.717, 1.165) is 19.3 Å². The fraction of sp³-hybridized carbons (Fsp3) is 0.588. The van der Waals surface area contributed by atoms with Crippen LogP contribution in [0.15, 0.2) is 12.1 Å². The molecular weight excluding hydrogens is 268 g/mol. The summed E-state index contributed by atoms with van der Waals surface area (Å²) in [6, 6.07) is 2.56. The SMILES string of the molecule is CCCCCCCCCCc1c(C(=O)O)ccc(O)c1O. The Morgan fingerprint density at radius 2 is 1.52 bits per heavy atom. The zero-order valence-electron chi connectivity index (χ0n) is 12.8. The quantitative estimate of drug-likeness (QED) is 0.439. The van der Waals surface area contributed by atoms with Crippen molar-refractivity contribution in [3.05, 3.63) is 23.3 Å². The Kier molecular flexibility index (Phi) is 7.65. The lowest BCUT2D eigenvalue weighted by Crippen LogP contribution is -2.03. The second-order valence-corrected chi connectivity index (χ2v) is 5.49. The molecule has 0 fully saturated rings. The molecule has 4 nitrogen and oxygen atoms in total. The topological polar surface area (TPSA) is 77.8 Å². The number of unbranched alkanes of at least 4 members (excludes halogenated alkanes) is 7. The van der Waals surface area contributed by atoms with Crippen LogP contribution in [-0.4, -0.2) is 21.3 Å². The Labute approximate surface area is 126 Å². The first-order valence-corrected chi connectivity index (χ1v) is 7.85. The third kappa shape index (κ3) is 5.66. The van der Waals surface area contributed by atoms with Gasteiger partial charge in [-0.25, -0.2) is 4.79 Å². The standard InChI is InChI=1S/C17H26O4/c1-2-3-4-5-6-7-8-9-10-13-14(17(20)21)11-12-15(18)16(13)19/h11-12,18-19H,2-10H2,1H3,(H,20,21). The maximum Gasteiger partial charge on any atom is 0.336 e. The van der Waals surface area contributed by atoms with Gasteiger partial charge < -0.3 is 15.3 Å². The van der Waals surface area contributed by atoms with Crippen LogP contribution in [0.2, 0.25) is 0 Å². The largest absolute Gasteiger partial charge is 0.504 e. The third-order valence-electron chi connectivity index (χ3n) is 3.77. The van der Waals surface area contributed by atoms with Crippen molar-refractivity contribution in [3.8, 4) is 11.5 Å². The molecule has 0 aliphatic heterocycles. The molecule has 0 aliphatic rings. The molecule has 0 bridgehead atoms. The van der Waals surface area contributed by atoms with Crippen molar-refractivity contribution >= 4 is 5.97 Å². The van der Waals surface area contributed by atoms with Crippen LogP contribution in [0.3, 0.4) is 0 Å². The third-order valence-corrected chi connectivity index (χ3v) is 3.77. The van der Waals surface area contributed by atoms with E-state index in [4.69, 9.17) is 5.11 Å². The van der Waals surface area contributed by atoms with Gasteiger partial charge in [0.15, 0.2) is 11.5 Å². The van der Waals surface area contributed by atoms with Crippen LogP contribution < -0.4 is 0 Å². The first-order valence-electron chi connectivity index (χ1n) is 7.85. The minimum Gasteiger partial charge on any atom is -0.504 e. The van der Waals surface area contributed by atoms with Crippen LogP contribution in [0.4, 0.5) is 0 Å². The van der Waals surface area contributed by atoms with Crippen LogP contribution in [-0.2, 0) is 6.42 Å². The highest BCUT2D eigenvalue weighted by Crippen LogP contribution is 2.32. The van der Waals surface area contributed by atoms with Gasteiger partial charge in [0.25, 0.3) is 0 Å². The fourth-order valence-electron chi connectivity index (χ4n) is 2.51. The zero-order chi connectivity index (χ0) is 15.7. The van der Waals surface area contributed by atoms with E-state index in [1.165, 1.54) is 44.2 Å². The predicted octanol–water partition coefficient (Wildman–Crippen LogP) is 4.48. The van der Waals surface area contributed by atoms with Gasteiger partial charge in [0, 0.05) is 5.56 Å². The highest BCUT2D eigenvalue weighted by atomic mass is 16.4. The van der Waals surface area contributed by atoms with Gasteiger partial charge in [-0.1, -0.05) is 51.9 Å². The number of hydrogen-bond donors (Lipinski definition) is 3. The maximum atomic E-state index is 11.1. The van der Waals surface area contributed by atoms with Crippen molar-refractivity contribution in [2.24, 2.45) is 0 Å². The van der Waals surface area contributed by atoms with Crippen LogP contribution in [0.5, 0.6) is 11.5 Å². The highest BCUT2D eigenvalue weighted by molar-refractivity contribution is 5.90. The first-order chi connectivity index (χ1) is 10.1. The average Bonchev–Trinajstić information content (AvgIpc) is 2.45. The number of aromatic carboxylic acids is 1. The van der Waals surface area contributed by atoms with E-state index in [1.807, 2.05) is 0 Å². The molecule has 0 unspecified atom stereocenters. The van der Waals surface area contributed by atoms with Crippen molar-refractivity contribution in [2.75, 3.05) is 0 Å². The molecule has 0 saturated heterocycles. The molecule has 1 aromatic rings. The molecule has 0 spiro atoms. The van der Waals surface area contributed by atoms with Crippen molar-refractivity contribution in [1.29, 1.82) is 0 Å². The Hall–Kier alpha value is -1.71. The molecule has 118 valence electrons. The average molecular weight is 294 g/mol. The summed E-state index contributed by atoms with van der Waals surface area (Å²) in [4.78, 5) is 11.1. The number of phenols is 2. The predicted molar refractivity (Wildman–Crippen MR) is 83.0 cm³/mol. The zero-order valence-corrected chi connectivity index (χ0v) is 12.8. The second kappa shape index (κ2) is 9.27. The Bertz CT molecular complexity index is 454. The number of benzene rings is 1. The van der Waals surface area contributed by atoms with Crippen molar-refractivity contribution in [1.82, 2.24) is 0 Å². The molecule has 4 heteroatoms. The van der Waals surface area contributed by atoms with E-state index in [1.54, 1.807) is 0 Å². The molecule has 0 amide bonds. The summed E-state index contributed by atoms with van der Waals surface area (Å²) in [7, 11) is 0. The van der Waals surface area contributed by atoms with Gasteiger partial charge in [0.05, 0.1) is 5.56 Å². The number of carboxylic acids is 1. The summed E-state index contributed by atoms with van der Waals surface area (Å²) in [5.74, 6) is -1.62. The number of rotatable bonds is 10. The molecule has 0 saturated carbocycles. The molecule has 0 aliphatic carbocycles. The lowest BCUT2D eigenvalue weighted by molar-refractivity contribution is 0.0695. The van der Waals surface area contributed by atoms with E-state index in [2.05, 4.69) is 6.92 Å².